The quantitative estimate of drug-likeness (QED) is 0.578. The molecule has 0 spiro atoms. The van der Waals surface area contributed by atoms with E-state index in [9.17, 15) is 18.0 Å². The maximum Gasteiger partial charge on any atom is 0.341 e. The highest BCUT2D eigenvalue weighted by Gasteiger charge is 2.32. The van der Waals surface area contributed by atoms with Gasteiger partial charge in [-0.05, 0) is 50.3 Å². The zero-order valence-electron chi connectivity index (χ0n) is 19.6. The number of hydrogen-bond acceptors (Lipinski definition) is 6. The van der Waals surface area contributed by atoms with Gasteiger partial charge < -0.3 is 15.0 Å². The van der Waals surface area contributed by atoms with Crippen molar-refractivity contribution in [2.24, 2.45) is 0 Å². The van der Waals surface area contributed by atoms with Crippen LogP contribution in [0.4, 0.5) is 5.69 Å². The molecule has 2 aliphatic rings. The monoisotopic (exact) mass is 485 g/mol. The number of benzene rings is 2. The van der Waals surface area contributed by atoms with E-state index < -0.39 is 22.1 Å². The molecule has 2 aromatic rings. The van der Waals surface area contributed by atoms with E-state index in [-0.39, 0.29) is 22.4 Å². The van der Waals surface area contributed by atoms with Gasteiger partial charge in [0.15, 0.2) is 0 Å². The molecular formula is C25H31N3O5S. The molecule has 1 saturated heterocycles. The highest BCUT2D eigenvalue weighted by molar-refractivity contribution is 7.89. The van der Waals surface area contributed by atoms with Crippen molar-refractivity contribution in [3.05, 3.63) is 59.7 Å². The number of carbonyl (C=O) groups is 2. The fraction of sp³-hybridized carbons (Fsp3) is 0.440. The number of nitrogens with one attached hydrogen (secondary N) is 1. The van der Waals surface area contributed by atoms with Crippen LogP contribution >= 0.6 is 0 Å². The van der Waals surface area contributed by atoms with Gasteiger partial charge in [0.1, 0.15) is 0 Å². The zero-order valence-corrected chi connectivity index (χ0v) is 20.4. The Morgan fingerprint density at radius 3 is 2.32 bits per heavy atom. The second-order valence-corrected chi connectivity index (χ2v) is 11.1. The van der Waals surface area contributed by atoms with E-state index in [1.54, 1.807) is 30.3 Å². The van der Waals surface area contributed by atoms with E-state index in [1.165, 1.54) is 26.2 Å². The maximum absolute atomic E-state index is 13.5. The molecule has 1 N–H and O–H groups in total. The van der Waals surface area contributed by atoms with E-state index in [1.807, 2.05) is 6.07 Å². The van der Waals surface area contributed by atoms with Gasteiger partial charge in [-0.1, -0.05) is 30.3 Å². The average molecular weight is 486 g/mol. The van der Waals surface area contributed by atoms with Gasteiger partial charge in [0, 0.05) is 38.8 Å². The van der Waals surface area contributed by atoms with Crippen LogP contribution in [0.1, 0.15) is 54.1 Å². The molecule has 2 aromatic carbocycles. The number of rotatable bonds is 8. The van der Waals surface area contributed by atoms with E-state index in [4.69, 9.17) is 4.74 Å². The standard InChI is InChI=1S/C25H31N3O5S/c1-27(2)34(31,32)20-13-14-22(28-15-7-4-8-16-28)21(17-20)25(30)33-23(18-9-5-3-6-10-18)24(29)26-19-11-12-19/h3,5-6,9-10,13-14,17,19,23H,4,7-8,11-12,15-16H2,1-2H3,(H,26,29)/t23-/m0/s1. The average Bonchev–Trinajstić information content (AvgIpc) is 3.67. The number of esters is 1. The predicted octanol–water partition coefficient (Wildman–Crippen LogP) is 3.10. The van der Waals surface area contributed by atoms with E-state index in [0.717, 1.165) is 49.5 Å². The second kappa shape index (κ2) is 10.1. The van der Waals surface area contributed by atoms with Gasteiger partial charge in [-0.15, -0.1) is 0 Å². The Balaban J connectivity index is 1.70. The molecule has 1 atom stereocenters. The number of sulfonamides is 1. The Morgan fingerprint density at radius 1 is 1.03 bits per heavy atom. The second-order valence-electron chi connectivity index (χ2n) is 8.99. The Morgan fingerprint density at radius 2 is 1.71 bits per heavy atom. The van der Waals surface area contributed by atoms with Crippen LogP contribution in [0.15, 0.2) is 53.4 Å². The van der Waals surface area contributed by atoms with Crippen molar-refractivity contribution < 1.29 is 22.7 Å². The minimum Gasteiger partial charge on any atom is -0.444 e. The van der Waals surface area contributed by atoms with Crippen molar-refractivity contribution in [2.75, 3.05) is 32.1 Å². The molecule has 1 aliphatic heterocycles. The maximum atomic E-state index is 13.5. The van der Waals surface area contributed by atoms with Crippen LogP contribution in [0.2, 0.25) is 0 Å². The fourth-order valence-electron chi connectivity index (χ4n) is 4.04. The lowest BCUT2D eigenvalue weighted by atomic mass is 10.1. The molecule has 0 aromatic heterocycles. The van der Waals surface area contributed by atoms with Crippen molar-refractivity contribution >= 4 is 27.6 Å². The summed E-state index contributed by atoms with van der Waals surface area (Å²) in [7, 11) is -0.869. The van der Waals surface area contributed by atoms with Gasteiger partial charge in [0.2, 0.25) is 16.1 Å². The lowest BCUT2D eigenvalue weighted by molar-refractivity contribution is -0.130. The summed E-state index contributed by atoms with van der Waals surface area (Å²) in [5.74, 6) is -1.10. The minimum absolute atomic E-state index is 0.00361. The number of hydrogen-bond donors (Lipinski definition) is 1. The summed E-state index contributed by atoms with van der Waals surface area (Å²) in [4.78, 5) is 28.6. The van der Waals surface area contributed by atoms with E-state index in [2.05, 4.69) is 10.2 Å². The molecule has 1 heterocycles. The summed E-state index contributed by atoms with van der Waals surface area (Å²) in [5.41, 5.74) is 1.33. The molecule has 4 rings (SSSR count). The molecule has 1 saturated carbocycles. The SMILES string of the molecule is CN(C)S(=O)(=O)c1ccc(N2CCCCC2)c(C(=O)O[C@H](C(=O)NC2CC2)c2ccccc2)c1. The first kappa shape index (κ1) is 24.2. The normalized spacial score (nSPS) is 17.3. The fourth-order valence-corrected chi connectivity index (χ4v) is 4.96. The summed E-state index contributed by atoms with van der Waals surface area (Å²) in [6.45, 7) is 1.54. The van der Waals surface area contributed by atoms with Crippen molar-refractivity contribution in [1.82, 2.24) is 9.62 Å². The lowest BCUT2D eigenvalue weighted by Crippen LogP contribution is -2.34. The number of anilines is 1. The third-order valence-electron chi connectivity index (χ3n) is 6.15. The summed E-state index contributed by atoms with van der Waals surface area (Å²) in [5, 5.41) is 2.91. The minimum atomic E-state index is -3.76. The first-order valence-corrected chi connectivity index (χ1v) is 13.1. The van der Waals surface area contributed by atoms with Gasteiger partial charge in [-0.3, -0.25) is 4.79 Å². The number of ether oxygens (including phenoxy) is 1. The first-order chi connectivity index (χ1) is 16.3. The van der Waals surface area contributed by atoms with Crippen molar-refractivity contribution in [3.63, 3.8) is 0 Å². The van der Waals surface area contributed by atoms with Crippen molar-refractivity contribution in [2.45, 2.75) is 49.1 Å². The molecular weight excluding hydrogens is 454 g/mol. The smallest absolute Gasteiger partial charge is 0.341 e. The molecule has 2 fully saturated rings. The lowest BCUT2D eigenvalue weighted by Gasteiger charge is -2.30. The molecule has 182 valence electrons. The summed E-state index contributed by atoms with van der Waals surface area (Å²) in [6, 6.07) is 13.5. The molecule has 1 aliphatic carbocycles. The topological polar surface area (TPSA) is 96.0 Å². The highest BCUT2D eigenvalue weighted by atomic mass is 32.2. The Labute approximate surface area is 200 Å². The molecule has 0 unspecified atom stereocenters. The van der Waals surface area contributed by atoms with Gasteiger partial charge in [0.25, 0.3) is 5.91 Å². The zero-order chi connectivity index (χ0) is 24.3. The van der Waals surface area contributed by atoms with Crippen LogP contribution in [0.5, 0.6) is 0 Å². The van der Waals surface area contributed by atoms with Crippen LogP contribution in [-0.4, -0.2) is 57.8 Å². The molecule has 34 heavy (non-hydrogen) atoms. The van der Waals surface area contributed by atoms with Gasteiger partial charge in [-0.25, -0.2) is 17.5 Å². The number of amides is 1. The summed E-state index contributed by atoms with van der Waals surface area (Å²) < 4.78 is 32.4. The van der Waals surface area contributed by atoms with Crippen LogP contribution < -0.4 is 10.2 Å². The van der Waals surface area contributed by atoms with E-state index >= 15 is 0 Å². The molecule has 8 nitrogen and oxygen atoms in total. The number of nitrogens with zero attached hydrogens (tertiary/aromatic N) is 2. The first-order valence-electron chi connectivity index (χ1n) is 11.6. The highest BCUT2D eigenvalue weighted by Crippen LogP contribution is 2.31. The third kappa shape index (κ3) is 5.42. The van der Waals surface area contributed by atoms with Crippen LogP contribution in [0.25, 0.3) is 0 Å². The summed E-state index contributed by atoms with van der Waals surface area (Å²) in [6.07, 6.45) is 3.78. The predicted molar refractivity (Wildman–Crippen MR) is 129 cm³/mol. The molecule has 0 bridgehead atoms. The molecule has 0 radical (unpaired) electrons. The van der Waals surface area contributed by atoms with Gasteiger partial charge in [0.05, 0.1) is 16.1 Å². The Hall–Kier alpha value is -2.91. The Bertz CT molecular complexity index is 1140. The molecule has 9 heteroatoms. The van der Waals surface area contributed by atoms with Crippen LogP contribution in [0.3, 0.4) is 0 Å². The van der Waals surface area contributed by atoms with E-state index in [0.29, 0.717) is 11.3 Å². The number of piperidine rings is 1. The van der Waals surface area contributed by atoms with Gasteiger partial charge in [-0.2, -0.15) is 0 Å². The van der Waals surface area contributed by atoms with Crippen LogP contribution in [-0.2, 0) is 19.6 Å². The van der Waals surface area contributed by atoms with Crippen molar-refractivity contribution in [1.29, 1.82) is 0 Å². The van der Waals surface area contributed by atoms with Crippen LogP contribution in [0, 0.1) is 0 Å². The Kier molecular flexibility index (Phi) is 7.23. The molecule has 1 amide bonds. The van der Waals surface area contributed by atoms with Gasteiger partial charge >= 0.3 is 5.97 Å². The summed E-state index contributed by atoms with van der Waals surface area (Å²) >= 11 is 0. The van der Waals surface area contributed by atoms with Crippen molar-refractivity contribution in [3.8, 4) is 0 Å². The number of carbonyl (C=O) groups excluding carboxylic acids is 2. The largest absolute Gasteiger partial charge is 0.444 e. The third-order valence-corrected chi connectivity index (χ3v) is 7.96.